The van der Waals surface area contributed by atoms with E-state index in [2.05, 4.69) is 12.2 Å². The van der Waals surface area contributed by atoms with Crippen molar-refractivity contribution in [2.24, 2.45) is 0 Å². The molecular weight excluding hydrogens is 507 g/mol. The highest BCUT2D eigenvalue weighted by molar-refractivity contribution is 7.92. The van der Waals surface area contributed by atoms with E-state index in [0.717, 1.165) is 25.7 Å². The molecule has 0 fully saturated rings. The van der Waals surface area contributed by atoms with Gasteiger partial charge >= 0.3 is 0 Å². The number of unbranched alkanes of at least 4 members (excludes halogenated alkanes) is 3. The zero-order valence-electron chi connectivity index (χ0n) is 19.6. The Labute approximate surface area is 216 Å². The van der Waals surface area contributed by atoms with E-state index in [9.17, 15) is 13.2 Å². The number of hydrogen-bond donors (Lipinski definition) is 1. The maximum Gasteiger partial charge on any atom is 0.264 e. The Bertz CT molecular complexity index is 1230. The summed E-state index contributed by atoms with van der Waals surface area (Å²) in [6.07, 6.45) is 4.24. The van der Waals surface area contributed by atoms with Crippen molar-refractivity contribution in [1.82, 2.24) is 0 Å². The number of benzene rings is 3. The van der Waals surface area contributed by atoms with Gasteiger partial charge in [0.05, 0.1) is 27.2 Å². The van der Waals surface area contributed by atoms with E-state index >= 15 is 0 Å². The number of hydrogen-bond acceptors (Lipinski definition) is 4. The van der Waals surface area contributed by atoms with Crippen LogP contribution in [0.4, 0.5) is 11.4 Å². The van der Waals surface area contributed by atoms with Gasteiger partial charge < -0.3 is 10.1 Å². The first-order chi connectivity index (χ1) is 16.7. The molecule has 1 amide bonds. The molecule has 0 saturated carbocycles. The predicted molar refractivity (Wildman–Crippen MR) is 143 cm³/mol. The van der Waals surface area contributed by atoms with E-state index in [4.69, 9.17) is 27.9 Å². The van der Waals surface area contributed by atoms with Gasteiger partial charge in [-0.05, 0) is 55.0 Å². The molecule has 0 radical (unpaired) electrons. The number of nitrogens with one attached hydrogen (secondary N) is 1. The van der Waals surface area contributed by atoms with Crippen LogP contribution in [0.3, 0.4) is 0 Å². The lowest BCUT2D eigenvalue weighted by Crippen LogP contribution is -2.26. The van der Waals surface area contributed by atoms with Gasteiger partial charge in [0, 0.05) is 18.3 Å². The molecule has 35 heavy (non-hydrogen) atoms. The van der Waals surface area contributed by atoms with Crippen molar-refractivity contribution in [3.63, 3.8) is 0 Å². The third-order valence-electron chi connectivity index (χ3n) is 5.40. The van der Waals surface area contributed by atoms with Crippen LogP contribution in [-0.4, -0.2) is 28.0 Å². The van der Waals surface area contributed by atoms with E-state index in [1.807, 2.05) is 6.07 Å². The van der Waals surface area contributed by atoms with Crippen LogP contribution < -0.4 is 14.4 Å². The fourth-order valence-corrected chi connectivity index (χ4v) is 5.17. The zero-order chi connectivity index (χ0) is 25.4. The summed E-state index contributed by atoms with van der Waals surface area (Å²) in [6.45, 7) is 2.64. The van der Waals surface area contributed by atoms with Crippen molar-refractivity contribution in [2.45, 2.75) is 37.5 Å². The van der Waals surface area contributed by atoms with Gasteiger partial charge in [0.15, 0.2) is 5.75 Å². The van der Waals surface area contributed by atoms with Gasteiger partial charge in [0.2, 0.25) is 0 Å². The van der Waals surface area contributed by atoms with Gasteiger partial charge in [-0.3, -0.25) is 9.10 Å². The van der Waals surface area contributed by atoms with Gasteiger partial charge in [-0.1, -0.05) is 67.6 Å². The smallest absolute Gasteiger partial charge is 0.264 e. The molecule has 9 heteroatoms. The minimum atomic E-state index is -3.75. The van der Waals surface area contributed by atoms with Crippen LogP contribution in [0.15, 0.2) is 71.6 Å². The lowest BCUT2D eigenvalue weighted by atomic mass is 10.2. The third kappa shape index (κ3) is 6.90. The Morgan fingerprint density at radius 2 is 1.57 bits per heavy atom. The van der Waals surface area contributed by atoms with Crippen LogP contribution in [0, 0.1) is 0 Å². The standard InChI is InChI=1S/C26H28Cl2N2O4S/c1-3-4-5-9-16-34-25-23(27)17-19(18-24(25)28)26(31)29-20-12-14-22(15-13-20)35(32,33)30(2)21-10-7-6-8-11-21/h6-8,10-15,17-18H,3-5,9,16H2,1-2H3,(H,29,31). The first-order valence-electron chi connectivity index (χ1n) is 11.3. The number of carbonyl (C=O) groups is 1. The van der Waals surface area contributed by atoms with Crippen molar-refractivity contribution in [3.8, 4) is 5.75 Å². The average molecular weight is 535 g/mol. The van der Waals surface area contributed by atoms with Crippen LogP contribution in [0.5, 0.6) is 5.75 Å². The molecule has 0 bridgehead atoms. The molecule has 6 nitrogen and oxygen atoms in total. The number of halogens is 2. The lowest BCUT2D eigenvalue weighted by molar-refractivity contribution is 0.102. The number of nitrogens with zero attached hydrogens (tertiary/aromatic N) is 1. The minimum absolute atomic E-state index is 0.105. The molecule has 0 atom stereocenters. The molecule has 0 aromatic heterocycles. The summed E-state index contributed by atoms with van der Waals surface area (Å²) >= 11 is 12.6. The van der Waals surface area contributed by atoms with Crippen molar-refractivity contribution >= 4 is 50.5 Å². The molecule has 0 aliphatic rings. The number of sulfonamides is 1. The largest absolute Gasteiger partial charge is 0.490 e. The highest BCUT2D eigenvalue weighted by atomic mass is 35.5. The molecule has 0 aliphatic heterocycles. The van der Waals surface area contributed by atoms with E-state index in [0.29, 0.717) is 23.7 Å². The molecule has 0 saturated heterocycles. The third-order valence-corrected chi connectivity index (χ3v) is 7.76. The first-order valence-corrected chi connectivity index (χ1v) is 13.5. The monoisotopic (exact) mass is 534 g/mol. The number of para-hydroxylation sites is 1. The van der Waals surface area contributed by atoms with E-state index in [1.54, 1.807) is 24.3 Å². The molecule has 3 aromatic carbocycles. The Hall–Kier alpha value is -2.74. The SMILES string of the molecule is CCCCCCOc1c(Cl)cc(C(=O)Nc2ccc(S(=O)(=O)N(C)c3ccccc3)cc2)cc1Cl. The Balaban J connectivity index is 1.67. The van der Waals surface area contributed by atoms with Crippen molar-refractivity contribution in [1.29, 1.82) is 0 Å². The first kappa shape index (κ1) is 26.9. The normalized spacial score (nSPS) is 11.2. The molecule has 1 N–H and O–H groups in total. The molecular formula is C26H28Cl2N2O4S. The molecule has 0 heterocycles. The number of rotatable bonds is 11. The van der Waals surface area contributed by atoms with Gasteiger partial charge in [0.25, 0.3) is 15.9 Å². The van der Waals surface area contributed by atoms with Gasteiger partial charge in [-0.2, -0.15) is 0 Å². The zero-order valence-corrected chi connectivity index (χ0v) is 22.0. The van der Waals surface area contributed by atoms with Crippen molar-refractivity contribution in [3.05, 3.63) is 82.3 Å². The van der Waals surface area contributed by atoms with Crippen molar-refractivity contribution in [2.75, 3.05) is 23.3 Å². The number of carbonyl (C=O) groups excluding carboxylic acids is 1. The molecule has 3 rings (SSSR count). The van der Waals surface area contributed by atoms with Gasteiger partial charge in [-0.25, -0.2) is 8.42 Å². The maximum absolute atomic E-state index is 12.9. The molecule has 186 valence electrons. The van der Waals surface area contributed by atoms with Crippen LogP contribution >= 0.6 is 23.2 Å². The average Bonchev–Trinajstić information content (AvgIpc) is 2.85. The summed E-state index contributed by atoms with van der Waals surface area (Å²) in [7, 11) is -2.25. The highest BCUT2D eigenvalue weighted by Crippen LogP contribution is 2.34. The molecule has 0 aliphatic carbocycles. The second-order valence-corrected chi connectivity index (χ2v) is 10.7. The van der Waals surface area contributed by atoms with Gasteiger partial charge in [-0.15, -0.1) is 0 Å². The Morgan fingerprint density at radius 1 is 0.943 bits per heavy atom. The van der Waals surface area contributed by atoms with Crippen LogP contribution in [0.25, 0.3) is 0 Å². The van der Waals surface area contributed by atoms with E-state index in [1.165, 1.54) is 47.8 Å². The van der Waals surface area contributed by atoms with E-state index < -0.39 is 15.9 Å². The molecule has 3 aromatic rings. The summed E-state index contributed by atoms with van der Waals surface area (Å²) in [5, 5.41) is 3.24. The Morgan fingerprint density at radius 3 is 2.17 bits per heavy atom. The molecule has 0 unspecified atom stereocenters. The van der Waals surface area contributed by atoms with Crippen LogP contribution in [0.2, 0.25) is 10.0 Å². The second kappa shape index (κ2) is 12.3. The fourth-order valence-electron chi connectivity index (χ4n) is 3.38. The number of anilines is 2. The summed E-state index contributed by atoms with van der Waals surface area (Å²) in [5.41, 5.74) is 1.24. The fraction of sp³-hybridized carbons (Fsp3) is 0.269. The van der Waals surface area contributed by atoms with Crippen LogP contribution in [0.1, 0.15) is 43.0 Å². The lowest BCUT2D eigenvalue weighted by Gasteiger charge is -2.19. The van der Waals surface area contributed by atoms with Crippen molar-refractivity contribution < 1.29 is 17.9 Å². The summed E-state index contributed by atoms with van der Waals surface area (Å²) in [6, 6.07) is 17.7. The summed E-state index contributed by atoms with van der Waals surface area (Å²) in [4.78, 5) is 12.8. The predicted octanol–water partition coefficient (Wildman–Crippen LogP) is 7.03. The van der Waals surface area contributed by atoms with Crippen LogP contribution in [-0.2, 0) is 10.0 Å². The molecule has 0 spiro atoms. The van der Waals surface area contributed by atoms with E-state index in [-0.39, 0.29) is 20.5 Å². The maximum atomic E-state index is 12.9. The minimum Gasteiger partial charge on any atom is -0.490 e. The van der Waals surface area contributed by atoms with Gasteiger partial charge in [0.1, 0.15) is 0 Å². The summed E-state index contributed by atoms with van der Waals surface area (Å²) in [5.74, 6) is -0.0706. The number of ether oxygens (including phenoxy) is 1. The second-order valence-electron chi connectivity index (χ2n) is 7.96. The highest BCUT2D eigenvalue weighted by Gasteiger charge is 2.21. The quantitative estimate of drug-likeness (QED) is 0.268. The topological polar surface area (TPSA) is 75.7 Å². The Kier molecular flexibility index (Phi) is 9.43. The summed E-state index contributed by atoms with van der Waals surface area (Å²) < 4.78 is 32.8. The number of amides is 1.